The minimum Gasteiger partial charge on any atom is -0.403 e. The van der Waals surface area contributed by atoms with Gasteiger partial charge in [-0.1, -0.05) is 103 Å². The summed E-state index contributed by atoms with van der Waals surface area (Å²) in [5.41, 5.74) is 0.745. The number of hydrogen-bond donors (Lipinski definition) is 0. The molecule has 0 unspecified atom stereocenters. The molecule has 0 heterocycles. The molecule has 2 fully saturated rings. The Bertz CT molecular complexity index is 686. The first kappa shape index (κ1) is 26.3. The summed E-state index contributed by atoms with van der Waals surface area (Å²) in [6.07, 6.45) is 16.0. The third kappa shape index (κ3) is 9.48. The van der Waals surface area contributed by atoms with Crippen LogP contribution < -0.4 is 4.74 Å². The molecular weight excluding hydrogens is 428 g/mol. The minimum absolute atomic E-state index is 0.647. The average molecular weight is 471 g/mol. The molecule has 2 aliphatic carbocycles. The maximum Gasteiger partial charge on any atom is 0.573 e. The quantitative estimate of drug-likeness (QED) is 0.231. The van der Waals surface area contributed by atoms with Crippen LogP contribution in [0.1, 0.15) is 109 Å². The van der Waals surface area contributed by atoms with Gasteiger partial charge < -0.3 is 4.74 Å². The standard InChI is InChI=1S/C28H42F4O/c1-2-3-4-5-21-6-8-22(9-7-21)10-11-23-12-14-24(15-13-23)16-17-25-18-19-27(26(29)20-25)33-28(30,31)32/h18-24H,2-17H2,1H3. The summed E-state index contributed by atoms with van der Waals surface area (Å²) in [5.74, 6) is 1.75. The van der Waals surface area contributed by atoms with Gasteiger partial charge in [0.1, 0.15) is 0 Å². The Labute approximate surface area is 197 Å². The smallest absolute Gasteiger partial charge is 0.403 e. The second-order valence-electron chi connectivity index (χ2n) is 10.7. The molecule has 188 valence electrons. The number of aryl methyl sites for hydroxylation is 1. The number of ether oxygens (including phenoxy) is 1. The fourth-order valence-electron chi connectivity index (χ4n) is 6.05. The van der Waals surface area contributed by atoms with Gasteiger partial charge >= 0.3 is 6.36 Å². The van der Waals surface area contributed by atoms with Crippen LogP contribution in [0.3, 0.4) is 0 Å². The number of halogens is 4. The molecule has 5 heteroatoms. The summed E-state index contributed by atoms with van der Waals surface area (Å²) in [6.45, 7) is 2.28. The summed E-state index contributed by atoms with van der Waals surface area (Å²) >= 11 is 0. The second kappa shape index (κ2) is 13.0. The highest BCUT2D eigenvalue weighted by molar-refractivity contribution is 5.29. The van der Waals surface area contributed by atoms with E-state index in [1.165, 1.54) is 96.0 Å². The Hall–Kier alpha value is -1.26. The van der Waals surface area contributed by atoms with Crippen molar-refractivity contribution in [2.24, 2.45) is 23.7 Å². The second-order valence-corrected chi connectivity index (χ2v) is 10.7. The zero-order valence-corrected chi connectivity index (χ0v) is 20.3. The Morgan fingerprint density at radius 1 is 0.758 bits per heavy atom. The molecule has 2 aliphatic rings. The SMILES string of the molecule is CCCCCC1CCC(CCC2CCC(CCc3ccc(OC(F)(F)F)c(F)c3)CC2)CC1. The van der Waals surface area contributed by atoms with Crippen LogP contribution in [-0.2, 0) is 6.42 Å². The van der Waals surface area contributed by atoms with E-state index in [4.69, 9.17) is 0 Å². The van der Waals surface area contributed by atoms with Crippen LogP contribution in [0.5, 0.6) is 5.75 Å². The highest BCUT2D eigenvalue weighted by Crippen LogP contribution is 2.38. The lowest BCUT2D eigenvalue weighted by atomic mass is 9.74. The molecule has 0 spiro atoms. The number of hydrogen-bond acceptors (Lipinski definition) is 1. The topological polar surface area (TPSA) is 9.23 Å². The summed E-state index contributed by atoms with van der Waals surface area (Å²) in [4.78, 5) is 0. The van der Waals surface area contributed by atoms with E-state index in [1.807, 2.05) is 0 Å². The molecule has 0 aliphatic heterocycles. The molecule has 0 N–H and O–H groups in total. The van der Waals surface area contributed by atoms with Crippen molar-refractivity contribution >= 4 is 0 Å². The number of alkyl halides is 3. The molecule has 33 heavy (non-hydrogen) atoms. The van der Waals surface area contributed by atoms with Crippen molar-refractivity contribution in [3.8, 4) is 5.75 Å². The van der Waals surface area contributed by atoms with Crippen molar-refractivity contribution in [1.29, 1.82) is 0 Å². The van der Waals surface area contributed by atoms with Crippen molar-refractivity contribution in [3.63, 3.8) is 0 Å². The normalized spacial score (nSPS) is 26.3. The van der Waals surface area contributed by atoms with Gasteiger partial charge in [0.2, 0.25) is 0 Å². The molecule has 0 atom stereocenters. The van der Waals surface area contributed by atoms with Crippen LogP contribution >= 0.6 is 0 Å². The molecule has 3 rings (SSSR count). The lowest BCUT2D eigenvalue weighted by Crippen LogP contribution is -2.18. The number of unbranched alkanes of at least 4 members (excludes halogenated alkanes) is 2. The summed E-state index contributed by atoms with van der Waals surface area (Å²) < 4.78 is 54.5. The molecular formula is C28H42F4O. The lowest BCUT2D eigenvalue weighted by Gasteiger charge is -2.32. The van der Waals surface area contributed by atoms with Crippen molar-refractivity contribution in [1.82, 2.24) is 0 Å². The van der Waals surface area contributed by atoms with Gasteiger partial charge in [0.15, 0.2) is 11.6 Å². The van der Waals surface area contributed by atoms with Gasteiger partial charge in [0.05, 0.1) is 0 Å². The van der Waals surface area contributed by atoms with E-state index < -0.39 is 17.9 Å². The van der Waals surface area contributed by atoms with E-state index in [1.54, 1.807) is 6.07 Å². The third-order valence-electron chi connectivity index (χ3n) is 8.19. The number of rotatable bonds is 11. The zero-order valence-electron chi connectivity index (χ0n) is 20.3. The van der Waals surface area contributed by atoms with Gasteiger partial charge in [-0.05, 0) is 54.2 Å². The molecule has 0 bridgehead atoms. The Morgan fingerprint density at radius 3 is 1.76 bits per heavy atom. The van der Waals surface area contributed by atoms with E-state index in [0.717, 1.165) is 35.8 Å². The first-order chi connectivity index (χ1) is 15.8. The summed E-state index contributed by atoms with van der Waals surface area (Å²) in [5, 5.41) is 0. The van der Waals surface area contributed by atoms with Crippen LogP contribution in [-0.4, -0.2) is 6.36 Å². The molecule has 0 amide bonds. The van der Waals surface area contributed by atoms with E-state index >= 15 is 0 Å². The molecule has 1 aromatic carbocycles. The summed E-state index contributed by atoms with van der Waals surface area (Å²) in [6, 6.07) is 3.83. The molecule has 1 nitrogen and oxygen atoms in total. The van der Waals surface area contributed by atoms with Crippen LogP contribution in [0.25, 0.3) is 0 Å². The largest absolute Gasteiger partial charge is 0.573 e. The highest BCUT2D eigenvalue weighted by Gasteiger charge is 2.32. The van der Waals surface area contributed by atoms with Gasteiger partial charge in [-0.2, -0.15) is 0 Å². The van der Waals surface area contributed by atoms with E-state index in [9.17, 15) is 17.6 Å². The van der Waals surface area contributed by atoms with Crippen molar-refractivity contribution in [2.75, 3.05) is 0 Å². The number of benzene rings is 1. The maximum absolute atomic E-state index is 13.9. The van der Waals surface area contributed by atoms with E-state index in [0.29, 0.717) is 12.3 Å². The van der Waals surface area contributed by atoms with Gasteiger partial charge in [0, 0.05) is 0 Å². The predicted molar refractivity (Wildman–Crippen MR) is 126 cm³/mol. The molecule has 0 saturated heterocycles. The zero-order chi connectivity index (χ0) is 23.7. The molecule has 1 aromatic rings. The fourth-order valence-corrected chi connectivity index (χ4v) is 6.05. The Kier molecular flexibility index (Phi) is 10.4. The van der Waals surface area contributed by atoms with Crippen LogP contribution in [0.2, 0.25) is 0 Å². The van der Waals surface area contributed by atoms with Crippen LogP contribution in [0, 0.1) is 29.5 Å². The molecule has 2 saturated carbocycles. The Morgan fingerprint density at radius 2 is 1.27 bits per heavy atom. The molecule has 0 radical (unpaired) electrons. The molecule has 0 aromatic heterocycles. The van der Waals surface area contributed by atoms with Crippen molar-refractivity contribution in [3.05, 3.63) is 29.6 Å². The highest BCUT2D eigenvalue weighted by atomic mass is 19.4. The third-order valence-corrected chi connectivity index (χ3v) is 8.19. The monoisotopic (exact) mass is 470 g/mol. The first-order valence-electron chi connectivity index (χ1n) is 13.4. The Balaban J connectivity index is 1.29. The van der Waals surface area contributed by atoms with E-state index in [-0.39, 0.29) is 0 Å². The predicted octanol–water partition coefficient (Wildman–Crippen LogP) is 9.63. The van der Waals surface area contributed by atoms with Gasteiger partial charge in [-0.25, -0.2) is 4.39 Å². The van der Waals surface area contributed by atoms with Gasteiger partial charge in [-0.3, -0.25) is 0 Å². The summed E-state index contributed by atoms with van der Waals surface area (Å²) in [7, 11) is 0. The van der Waals surface area contributed by atoms with Crippen molar-refractivity contribution < 1.29 is 22.3 Å². The van der Waals surface area contributed by atoms with Gasteiger partial charge in [0.25, 0.3) is 0 Å². The van der Waals surface area contributed by atoms with Crippen molar-refractivity contribution in [2.45, 2.75) is 116 Å². The van der Waals surface area contributed by atoms with Crippen LogP contribution in [0.4, 0.5) is 17.6 Å². The average Bonchev–Trinajstić information content (AvgIpc) is 2.79. The maximum atomic E-state index is 13.9. The van der Waals surface area contributed by atoms with Gasteiger partial charge in [-0.15, -0.1) is 13.2 Å². The lowest BCUT2D eigenvalue weighted by molar-refractivity contribution is -0.275. The van der Waals surface area contributed by atoms with Crippen LogP contribution in [0.15, 0.2) is 18.2 Å². The van der Waals surface area contributed by atoms with E-state index in [2.05, 4.69) is 11.7 Å². The fraction of sp³-hybridized carbons (Fsp3) is 0.786. The first-order valence-corrected chi connectivity index (χ1v) is 13.4. The minimum atomic E-state index is -4.87.